The second-order valence-electron chi connectivity index (χ2n) is 3.67. The summed E-state index contributed by atoms with van der Waals surface area (Å²) in [5.74, 6) is -0.206. The standard InChI is InChI=1S/C11H10N4O2/c1-6-2-3-7-4-5-8(11(12)13)14-9(7)10(6)15(16)17/h2-5H,1H3,(H3,12,13). The second kappa shape index (κ2) is 3.82. The fourth-order valence-corrected chi connectivity index (χ4v) is 1.66. The quantitative estimate of drug-likeness (QED) is 0.354. The Kier molecular flexibility index (Phi) is 2.47. The molecule has 0 fully saturated rings. The summed E-state index contributed by atoms with van der Waals surface area (Å²) in [4.78, 5) is 14.6. The molecule has 1 aromatic heterocycles. The first kappa shape index (κ1) is 11.0. The van der Waals surface area contributed by atoms with Gasteiger partial charge in [-0.25, -0.2) is 4.98 Å². The average molecular weight is 230 g/mol. The number of nitrogens with zero attached hydrogens (tertiary/aromatic N) is 2. The first-order chi connectivity index (χ1) is 8.00. The van der Waals surface area contributed by atoms with Gasteiger partial charge in [-0.2, -0.15) is 0 Å². The molecule has 2 aromatic rings. The molecule has 0 radical (unpaired) electrons. The lowest BCUT2D eigenvalue weighted by molar-refractivity contribution is -0.383. The van der Waals surface area contributed by atoms with Crippen molar-refractivity contribution >= 4 is 22.4 Å². The minimum absolute atomic E-state index is 0.0365. The summed E-state index contributed by atoms with van der Waals surface area (Å²) >= 11 is 0. The van der Waals surface area contributed by atoms with E-state index in [0.717, 1.165) is 0 Å². The molecule has 17 heavy (non-hydrogen) atoms. The van der Waals surface area contributed by atoms with Crippen molar-refractivity contribution in [2.75, 3.05) is 0 Å². The molecule has 2 rings (SSSR count). The van der Waals surface area contributed by atoms with Gasteiger partial charge in [0.15, 0.2) is 0 Å². The van der Waals surface area contributed by atoms with Crippen molar-refractivity contribution in [1.82, 2.24) is 4.98 Å². The zero-order valence-electron chi connectivity index (χ0n) is 9.10. The van der Waals surface area contributed by atoms with Crippen molar-refractivity contribution in [3.8, 4) is 0 Å². The zero-order chi connectivity index (χ0) is 12.6. The number of fused-ring (bicyclic) bond motifs is 1. The van der Waals surface area contributed by atoms with Gasteiger partial charge in [0.05, 0.1) is 4.92 Å². The summed E-state index contributed by atoms with van der Waals surface area (Å²) in [6, 6.07) is 6.68. The Bertz CT molecular complexity index is 637. The van der Waals surface area contributed by atoms with E-state index in [1.807, 2.05) is 0 Å². The van der Waals surface area contributed by atoms with Crippen LogP contribution in [0.15, 0.2) is 24.3 Å². The lowest BCUT2D eigenvalue weighted by Gasteiger charge is -2.04. The minimum atomic E-state index is -0.464. The molecule has 0 amide bonds. The van der Waals surface area contributed by atoms with Crippen LogP contribution >= 0.6 is 0 Å². The van der Waals surface area contributed by atoms with Crippen LogP contribution in [0.5, 0.6) is 0 Å². The number of nitrogen functional groups attached to an aromatic ring is 1. The van der Waals surface area contributed by atoms with E-state index >= 15 is 0 Å². The van der Waals surface area contributed by atoms with E-state index in [0.29, 0.717) is 10.9 Å². The highest BCUT2D eigenvalue weighted by Gasteiger charge is 2.17. The molecule has 0 aliphatic heterocycles. The number of benzene rings is 1. The van der Waals surface area contributed by atoms with Crippen molar-refractivity contribution in [3.63, 3.8) is 0 Å². The van der Waals surface area contributed by atoms with Crippen LogP contribution in [0, 0.1) is 22.4 Å². The summed E-state index contributed by atoms with van der Waals surface area (Å²) in [6.07, 6.45) is 0. The number of nitro groups is 1. The molecule has 1 aromatic carbocycles. The van der Waals surface area contributed by atoms with Crippen molar-refractivity contribution in [3.05, 3.63) is 45.6 Å². The third-order valence-electron chi connectivity index (χ3n) is 2.50. The van der Waals surface area contributed by atoms with E-state index < -0.39 is 4.92 Å². The smallest absolute Gasteiger partial charge is 0.298 e. The topological polar surface area (TPSA) is 106 Å². The van der Waals surface area contributed by atoms with Gasteiger partial charge >= 0.3 is 0 Å². The van der Waals surface area contributed by atoms with Crippen molar-refractivity contribution in [1.29, 1.82) is 5.41 Å². The summed E-state index contributed by atoms with van der Waals surface area (Å²) < 4.78 is 0. The molecule has 6 nitrogen and oxygen atoms in total. The largest absolute Gasteiger partial charge is 0.382 e. The Labute approximate surface area is 96.7 Å². The van der Waals surface area contributed by atoms with Gasteiger partial charge < -0.3 is 5.73 Å². The highest BCUT2D eigenvalue weighted by molar-refractivity contribution is 5.97. The van der Waals surface area contributed by atoms with E-state index in [-0.39, 0.29) is 22.7 Å². The van der Waals surface area contributed by atoms with Gasteiger partial charge in [0.2, 0.25) is 0 Å². The van der Waals surface area contributed by atoms with E-state index in [2.05, 4.69) is 4.98 Å². The Balaban J connectivity index is 2.85. The number of aromatic nitrogens is 1. The van der Waals surface area contributed by atoms with Crippen molar-refractivity contribution in [2.45, 2.75) is 6.92 Å². The molecule has 1 heterocycles. The van der Waals surface area contributed by atoms with Crippen LogP contribution in [0.4, 0.5) is 5.69 Å². The number of nitrogens with one attached hydrogen (secondary N) is 1. The number of rotatable bonds is 2. The van der Waals surface area contributed by atoms with Gasteiger partial charge in [0, 0.05) is 10.9 Å². The first-order valence-electron chi connectivity index (χ1n) is 4.90. The molecule has 6 heteroatoms. The summed E-state index contributed by atoms with van der Waals surface area (Å²) in [6.45, 7) is 1.65. The maximum atomic E-state index is 11.0. The molecule has 0 aliphatic rings. The monoisotopic (exact) mass is 230 g/mol. The SMILES string of the molecule is Cc1ccc2ccc(C(=N)N)nc2c1[N+](=O)[O-]. The fraction of sp³-hybridized carbons (Fsp3) is 0.0909. The van der Waals surface area contributed by atoms with Gasteiger partial charge in [-0.05, 0) is 13.0 Å². The van der Waals surface area contributed by atoms with Crippen LogP contribution in [0.25, 0.3) is 10.9 Å². The lowest BCUT2D eigenvalue weighted by atomic mass is 10.1. The van der Waals surface area contributed by atoms with Gasteiger partial charge in [0.1, 0.15) is 17.0 Å². The third kappa shape index (κ3) is 1.80. The maximum Gasteiger partial charge on any atom is 0.298 e. The third-order valence-corrected chi connectivity index (χ3v) is 2.50. The fourth-order valence-electron chi connectivity index (χ4n) is 1.66. The number of hydrogen-bond acceptors (Lipinski definition) is 4. The molecular weight excluding hydrogens is 220 g/mol. The average Bonchev–Trinajstić information content (AvgIpc) is 2.27. The number of aryl methyl sites for hydroxylation is 1. The van der Waals surface area contributed by atoms with E-state index in [1.165, 1.54) is 0 Å². The summed E-state index contributed by atoms with van der Waals surface area (Å²) in [5.41, 5.74) is 6.33. The number of nitrogens with two attached hydrogens (primary N) is 1. The molecule has 3 N–H and O–H groups in total. The number of hydrogen-bond donors (Lipinski definition) is 2. The summed E-state index contributed by atoms with van der Waals surface area (Å²) in [5, 5.41) is 18.9. The highest BCUT2D eigenvalue weighted by Crippen LogP contribution is 2.27. The van der Waals surface area contributed by atoms with Gasteiger partial charge in [0.25, 0.3) is 5.69 Å². The van der Waals surface area contributed by atoms with E-state index in [9.17, 15) is 10.1 Å². The number of amidine groups is 1. The van der Waals surface area contributed by atoms with Crippen molar-refractivity contribution < 1.29 is 4.92 Å². The Hall–Kier alpha value is -2.50. The summed E-state index contributed by atoms with van der Waals surface area (Å²) in [7, 11) is 0. The maximum absolute atomic E-state index is 11.0. The van der Waals surface area contributed by atoms with Crippen LogP contribution in [0.3, 0.4) is 0 Å². The Morgan fingerprint density at radius 3 is 2.65 bits per heavy atom. The van der Waals surface area contributed by atoms with Crippen LogP contribution < -0.4 is 5.73 Å². The van der Waals surface area contributed by atoms with Crippen LogP contribution in [-0.4, -0.2) is 15.7 Å². The molecule has 0 saturated carbocycles. The van der Waals surface area contributed by atoms with E-state index in [1.54, 1.807) is 31.2 Å². The molecule has 0 bridgehead atoms. The molecule has 0 saturated heterocycles. The lowest BCUT2D eigenvalue weighted by Crippen LogP contribution is -2.13. The van der Waals surface area contributed by atoms with Gasteiger partial charge in [-0.15, -0.1) is 0 Å². The number of pyridine rings is 1. The van der Waals surface area contributed by atoms with Crippen LogP contribution in [0.2, 0.25) is 0 Å². The highest BCUT2D eigenvalue weighted by atomic mass is 16.6. The second-order valence-corrected chi connectivity index (χ2v) is 3.67. The van der Waals surface area contributed by atoms with Gasteiger partial charge in [-0.1, -0.05) is 18.2 Å². The normalized spacial score (nSPS) is 10.4. The van der Waals surface area contributed by atoms with E-state index in [4.69, 9.17) is 11.1 Å². The predicted octanol–water partition coefficient (Wildman–Crippen LogP) is 1.74. The van der Waals surface area contributed by atoms with Crippen molar-refractivity contribution in [2.24, 2.45) is 5.73 Å². The molecule has 0 atom stereocenters. The molecule has 0 aliphatic carbocycles. The molecule has 0 unspecified atom stereocenters. The Morgan fingerprint density at radius 2 is 2.06 bits per heavy atom. The predicted molar refractivity (Wildman–Crippen MR) is 64.2 cm³/mol. The Morgan fingerprint density at radius 1 is 1.41 bits per heavy atom. The molecule has 86 valence electrons. The number of nitro benzene ring substituents is 1. The minimum Gasteiger partial charge on any atom is -0.382 e. The van der Waals surface area contributed by atoms with Gasteiger partial charge in [-0.3, -0.25) is 15.5 Å². The first-order valence-corrected chi connectivity index (χ1v) is 4.90. The molecular formula is C11H10N4O2. The van der Waals surface area contributed by atoms with Crippen LogP contribution in [-0.2, 0) is 0 Å². The molecule has 0 spiro atoms. The van der Waals surface area contributed by atoms with Crippen LogP contribution in [0.1, 0.15) is 11.3 Å². The zero-order valence-corrected chi connectivity index (χ0v) is 9.10.